The summed E-state index contributed by atoms with van der Waals surface area (Å²) >= 11 is 0. The number of carbonyl (C=O) groups is 2. The zero-order valence-corrected chi connectivity index (χ0v) is 28.5. The first-order chi connectivity index (χ1) is 23.3. The van der Waals surface area contributed by atoms with E-state index in [2.05, 4.69) is 5.32 Å². The normalized spacial score (nSPS) is 11.9. The Morgan fingerprint density at radius 2 is 1.59 bits per heavy atom. The van der Waals surface area contributed by atoms with Crippen molar-refractivity contribution in [1.82, 2.24) is 10.2 Å². The summed E-state index contributed by atoms with van der Waals surface area (Å²) in [6.07, 6.45) is 0.108. The fourth-order valence-electron chi connectivity index (χ4n) is 5.11. The van der Waals surface area contributed by atoms with Gasteiger partial charge in [-0.1, -0.05) is 62.4 Å². The zero-order chi connectivity index (χ0) is 35.7. The second-order valence-corrected chi connectivity index (χ2v) is 13.8. The van der Waals surface area contributed by atoms with Crippen LogP contribution in [-0.2, 0) is 32.6 Å². The van der Waals surface area contributed by atoms with Crippen LogP contribution in [-0.4, -0.2) is 56.3 Å². The lowest BCUT2D eigenvalue weighted by molar-refractivity contribution is -0.385. The van der Waals surface area contributed by atoms with Crippen molar-refractivity contribution in [3.63, 3.8) is 0 Å². The number of carbonyl (C=O) groups excluding carboxylic acids is 2. The van der Waals surface area contributed by atoms with E-state index >= 15 is 0 Å². The molecule has 0 aliphatic carbocycles. The van der Waals surface area contributed by atoms with E-state index in [4.69, 9.17) is 4.74 Å². The molecule has 11 nitrogen and oxygen atoms in total. The monoisotopic (exact) mass is 690 g/mol. The van der Waals surface area contributed by atoms with Crippen molar-refractivity contribution in [3.8, 4) is 5.75 Å². The van der Waals surface area contributed by atoms with Gasteiger partial charge in [0.15, 0.2) is 0 Å². The molecule has 4 rings (SSSR count). The number of halogens is 1. The molecule has 0 bridgehead atoms. The number of aryl methyl sites for hydroxylation is 1. The molecule has 13 heteroatoms. The van der Waals surface area contributed by atoms with Crippen molar-refractivity contribution in [2.24, 2.45) is 5.92 Å². The van der Waals surface area contributed by atoms with Gasteiger partial charge in [0.05, 0.1) is 22.6 Å². The third-order valence-electron chi connectivity index (χ3n) is 7.83. The number of amides is 2. The van der Waals surface area contributed by atoms with Crippen molar-refractivity contribution in [2.45, 2.75) is 44.7 Å². The molecule has 0 saturated heterocycles. The Morgan fingerprint density at radius 1 is 0.939 bits per heavy atom. The summed E-state index contributed by atoms with van der Waals surface area (Å²) in [5.41, 5.74) is 1.22. The predicted octanol–water partition coefficient (Wildman–Crippen LogP) is 5.66. The lowest BCUT2D eigenvalue weighted by atomic mass is 10.0. The molecule has 2 amide bonds. The number of nitrogens with zero attached hydrogens (tertiary/aromatic N) is 3. The molecule has 258 valence electrons. The predicted molar refractivity (Wildman–Crippen MR) is 184 cm³/mol. The fourth-order valence-corrected chi connectivity index (χ4v) is 6.55. The summed E-state index contributed by atoms with van der Waals surface area (Å²) in [6.45, 7) is 4.78. The fraction of sp³-hybridized carbons (Fsp3) is 0.278. The molecule has 0 aromatic heterocycles. The number of anilines is 1. The molecule has 0 saturated carbocycles. The standard InChI is InChI=1S/C36H39FN4O7S/c1-25(2)22-38-36(43)34(20-27-8-6-5-7-9-27)39(23-28-11-13-29(37)14-12-28)35(42)24-40(30-15-17-31(48-4)18-16-30)49(46,47)32-19-10-26(3)33(21-32)41(44)45/h5-19,21,25,34H,20,22-24H2,1-4H3,(H,38,43)/t34-/m1/s1. The van der Waals surface area contributed by atoms with Crippen LogP contribution in [0.2, 0.25) is 0 Å². The maximum Gasteiger partial charge on any atom is 0.273 e. The van der Waals surface area contributed by atoms with Crippen LogP contribution in [0.4, 0.5) is 15.8 Å². The van der Waals surface area contributed by atoms with E-state index < -0.39 is 55.7 Å². The molecule has 0 aliphatic rings. The molecule has 0 fully saturated rings. The van der Waals surface area contributed by atoms with E-state index in [0.29, 0.717) is 17.9 Å². The summed E-state index contributed by atoms with van der Waals surface area (Å²) in [4.78, 5) is 40.3. The van der Waals surface area contributed by atoms with Crippen molar-refractivity contribution < 1.29 is 32.1 Å². The number of benzene rings is 4. The van der Waals surface area contributed by atoms with Crippen molar-refractivity contribution in [3.05, 3.63) is 130 Å². The van der Waals surface area contributed by atoms with Crippen LogP contribution in [0.3, 0.4) is 0 Å². The highest BCUT2D eigenvalue weighted by Crippen LogP contribution is 2.30. The zero-order valence-electron chi connectivity index (χ0n) is 27.7. The maximum absolute atomic E-state index is 14.5. The number of rotatable bonds is 15. The molecule has 1 N–H and O–H groups in total. The van der Waals surface area contributed by atoms with Crippen LogP contribution in [0.25, 0.3) is 0 Å². The molecule has 0 heterocycles. The Kier molecular flexibility index (Phi) is 12.1. The summed E-state index contributed by atoms with van der Waals surface area (Å²) < 4.78 is 48.5. The Hall–Kier alpha value is -5.30. The Morgan fingerprint density at radius 3 is 2.18 bits per heavy atom. The number of hydrogen-bond acceptors (Lipinski definition) is 7. The van der Waals surface area contributed by atoms with E-state index in [1.54, 1.807) is 0 Å². The topological polar surface area (TPSA) is 139 Å². The molecule has 4 aromatic rings. The van der Waals surface area contributed by atoms with Gasteiger partial charge in [-0.15, -0.1) is 0 Å². The van der Waals surface area contributed by atoms with E-state index in [0.717, 1.165) is 15.9 Å². The van der Waals surface area contributed by atoms with Gasteiger partial charge in [-0.3, -0.25) is 24.0 Å². The maximum atomic E-state index is 14.5. The molecule has 0 radical (unpaired) electrons. The van der Waals surface area contributed by atoms with Gasteiger partial charge in [0, 0.05) is 31.1 Å². The van der Waals surface area contributed by atoms with Gasteiger partial charge in [0.1, 0.15) is 24.2 Å². The molecule has 49 heavy (non-hydrogen) atoms. The van der Waals surface area contributed by atoms with Crippen LogP contribution >= 0.6 is 0 Å². The van der Waals surface area contributed by atoms with Gasteiger partial charge in [-0.2, -0.15) is 0 Å². The van der Waals surface area contributed by atoms with E-state index in [-0.39, 0.29) is 30.1 Å². The van der Waals surface area contributed by atoms with Crippen LogP contribution < -0.4 is 14.4 Å². The molecule has 0 unspecified atom stereocenters. The minimum atomic E-state index is -4.59. The lowest BCUT2D eigenvalue weighted by Crippen LogP contribution is -2.53. The Bertz CT molecular complexity index is 1870. The van der Waals surface area contributed by atoms with Crippen molar-refractivity contribution in [2.75, 3.05) is 24.5 Å². The second kappa shape index (κ2) is 16.2. The number of methoxy groups -OCH3 is 1. The van der Waals surface area contributed by atoms with Crippen molar-refractivity contribution in [1.29, 1.82) is 0 Å². The number of hydrogen-bond donors (Lipinski definition) is 1. The second-order valence-electron chi connectivity index (χ2n) is 11.9. The van der Waals surface area contributed by atoms with E-state index in [9.17, 15) is 32.5 Å². The Labute approximate surface area is 285 Å². The van der Waals surface area contributed by atoms with Gasteiger partial charge in [-0.25, -0.2) is 12.8 Å². The summed E-state index contributed by atoms with van der Waals surface area (Å²) in [5.74, 6) is -1.12. The average molecular weight is 691 g/mol. The summed E-state index contributed by atoms with van der Waals surface area (Å²) in [6, 6.07) is 22.9. The quantitative estimate of drug-likeness (QED) is 0.126. The molecule has 4 aromatic carbocycles. The van der Waals surface area contributed by atoms with Gasteiger partial charge < -0.3 is 15.0 Å². The first-order valence-corrected chi connectivity index (χ1v) is 17.0. The van der Waals surface area contributed by atoms with Gasteiger partial charge in [0.25, 0.3) is 15.7 Å². The number of nitro groups is 1. The van der Waals surface area contributed by atoms with Crippen molar-refractivity contribution >= 4 is 33.2 Å². The molecular weight excluding hydrogens is 651 g/mol. The first kappa shape index (κ1) is 36.5. The van der Waals surface area contributed by atoms with Crippen LogP contribution in [0, 0.1) is 28.8 Å². The van der Waals surface area contributed by atoms with Crippen LogP contribution in [0.5, 0.6) is 5.75 Å². The molecule has 0 aliphatic heterocycles. The minimum Gasteiger partial charge on any atom is -0.497 e. The molecule has 0 spiro atoms. The van der Waals surface area contributed by atoms with E-state index in [1.165, 1.54) is 79.6 Å². The first-order valence-electron chi connectivity index (χ1n) is 15.6. The number of nitro benzene ring substituents is 1. The van der Waals surface area contributed by atoms with Gasteiger partial charge in [-0.05, 0) is 66.4 Å². The highest BCUT2D eigenvalue weighted by atomic mass is 32.2. The van der Waals surface area contributed by atoms with E-state index in [1.807, 2.05) is 44.2 Å². The highest BCUT2D eigenvalue weighted by molar-refractivity contribution is 7.92. The minimum absolute atomic E-state index is 0.0861. The highest BCUT2D eigenvalue weighted by Gasteiger charge is 2.35. The molecular formula is C36H39FN4O7S. The SMILES string of the molecule is COc1ccc(N(CC(=O)N(Cc2ccc(F)cc2)[C@H](Cc2ccccc2)C(=O)NCC(C)C)S(=O)(=O)c2ccc(C)c([N+](=O)[O-])c2)cc1. The third kappa shape index (κ3) is 9.41. The van der Waals surface area contributed by atoms with Gasteiger partial charge >= 0.3 is 0 Å². The van der Waals surface area contributed by atoms with Gasteiger partial charge in [0.2, 0.25) is 11.8 Å². The number of ether oxygens (including phenoxy) is 1. The number of nitrogens with one attached hydrogen (secondary N) is 1. The van der Waals surface area contributed by atoms with Crippen LogP contribution in [0.15, 0.2) is 102 Å². The summed E-state index contributed by atoms with van der Waals surface area (Å²) in [7, 11) is -3.14. The van der Waals surface area contributed by atoms with Crippen LogP contribution in [0.1, 0.15) is 30.5 Å². The Balaban J connectivity index is 1.83. The third-order valence-corrected chi connectivity index (χ3v) is 9.60. The molecule has 1 atom stereocenters. The smallest absolute Gasteiger partial charge is 0.273 e. The summed E-state index contributed by atoms with van der Waals surface area (Å²) in [5, 5.41) is 14.6. The largest absolute Gasteiger partial charge is 0.497 e. The lowest BCUT2D eigenvalue weighted by Gasteiger charge is -2.34. The average Bonchev–Trinajstić information content (AvgIpc) is 3.08. The number of sulfonamides is 1.